The topological polar surface area (TPSA) is 76.0 Å². The minimum Gasteiger partial charge on any atom is -0.395 e. The van der Waals surface area contributed by atoms with Crippen molar-refractivity contribution in [2.45, 2.75) is 39.8 Å². The van der Waals surface area contributed by atoms with Crippen LogP contribution in [0.3, 0.4) is 0 Å². The Kier molecular flexibility index (Phi) is 15.6. The van der Waals surface area contributed by atoms with Gasteiger partial charge in [0.15, 0.2) is 0 Å². The molecule has 0 aromatic heterocycles. The van der Waals surface area contributed by atoms with E-state index in [0.717, 1.165) is 0 Å². The van der Waals surface area contributed by atoms with E-state index in [2.05, 4.69) is 33.0 Å². The molecule has 0 spiro atoms. The van der Waals surface area contributed by atoms with Crippen molar-refractivity contribution in [3.8, 4) is 0 Å². The Morgan fingerprint density at radius 3 is 1.18 bits per heavy atom. The van der Waals surface area contributed by atoms with E-state index in [1.807, 2.05) is 0 Å². The lowest BCUT2D eigenvalue weighted by Crippen LogP contribution is -2.32. The van der Waals surface area contributed by atoms with Gasteiger partial charge in [-0.1, -0.05) is 27.7 Å². The van der Waals surface area contributed by atoms with Crippen LogP contribution in [0.2, 0.25) is 0 Å². The van der Waals surface area contributed by atoms with E-state index in [-0.39, 0.29) is 19.8 Å². The lowest BCUT2D eigenvalue weighted by atomic mass is 10.3. The minimum atomic E-state index is 0.0694. The van der Waals surface area contributed by atoms with Crippen molar-refractivity contribution < 1.29 is 15.3 Å². The lowest BCUT2D eigenvalue weighted by Gasteiger charge is -2.17. The first-order valence-corrected chi connectivity index (χ1v) is 6.28. The van der Waals surface area contributed by atoms with Gasteiger partial charge in [-0.25, -0.2) is 0 Å². The molecule has 0 aliphatic heterocycles. The Balaban J connectivity index is 0. The highest BCUT2D eigenvalue weighted by atomic mass is 16.3. The molecule has 0 saturated heterocycles. The first-order valence-electron chi connectivity index (χ1n) is 6.28. The predicted octanol–water partition coefficient (Wildman–Crippen LogP) is -0.342. The largest absolute Gasteiger partial charge is 0.395 e. The third-order valence-electron chi connectivity index (χ3n) is 1.92. The van der Waals surface area contributed by atoms with Crippen molar-refractivity contribution in [3.05, 3.63) is 0 Å². The summed E-state index contributed by atoms with van der Waals surface area (Å²) in [5, 5.41) is 28.8. The van der Waals surface area contributed by atoms with Crippen molar-refractivity contribution in [2.75, 3.05) is 39.5 Å². The second-order valence-electron chi connectivity index (χ2n) is 4.49. The lowest BCUT2D eigenvalue weighted by molar-refractivity contribution is 0.136. The fourth-order valence-electron chi connectivity index (χ4n) is 1.43. The van der Waals surface area contributed by atoms with Crippen molar-refractivity contribution in [1.82, 2.24) is 10.2 Å². The van der Waals surface area contributed by atoms with Gasteiger partial charge in [0.2, 0.25) is 0 Å². The van der Waals surface area contributed by atoms with Gasteiger partial charge in [-0.3, -0.25) is 4.90 Å². The second-order valence-corrected chi connectivity index (χ2v) is 4.49. The van der Waals surface area contributed by atoms with Crippen molar-refractivity contribution in [3.63, 3.8) is 0 Å². The summed E-state index contributed by atoms with van der Waals surface area (Å²) in [5.74, 6) is 0. The van der Waals surface area contributed by atoms with Gasteiger partial charge in [0.05, 0.1) is 19.8 Å². The predicted molar refractivity (Wildman–Crippen MR) is 71.1 cm³/mol. The molecule has 0 rings (SSSR count). The van der Waals surface area contributed by atoms with Gasteiger partial charge in [-0.2, -0.15) is 0 Å². The number of aliphatic hydroxyl groups excluding tert-OH is 3. The molecule has 0 fully saturated rings. The van der Waals surface area contributed by atoms with E-state index >= 15 is 0 Å². The zero-order valence-electron chi connectivity index (χ0n) is 11.7. The van der Waals surface area contributed by atoms with Gasteiger partial charge in [-0.15, -0.1) is 0 Å². The molecule has 0 saturated carbocycles. The third-order valence-corrected chi connectivity index (χ3v) is 1.92. The molecule has 0 aliphatic carbocycles. The smallest absolute Gasteiger partial charge is 0.0558 e. The van der Waals surface area contributed by atoms with E-state index in [9.17, 15) is 0 Å². The van der Waals surface area contributed by atoms with Crippen LogP contribution in [0.5, 0.6) is 0 Å². The molecule has 0 bridgehead atoms. The van der Waals surface area contributed by atoms with Crippen LogP contribution in [0, 0.1) is 0 Å². The molecule has 17 heavy (non-hydrogen) atoms. The molecule has 0 heterocycles. The summed E-state index contributed by atoms with van der Waals surface area (Å²) in [4.78, 5) is 1.79. The summed E-state index contributed by atoms with van der Waals surface area (Å²) in [6, 6.07) is 1.25. The molecule has 0 aliphatic rings. The van der Waals surface area contributed by atoms with Gasteiger partial charge >= 0.3 is 0 Å². The Bertz CT molecular complexity index is 123. The Morgan fingerprint density at radius 2 is 1.06 bits per heavy atom. The molecule has 106 valence electrons. The van der Waals surface area contributed by atoms with Crippen LogP contribution in [-0.4, -0.2) is 71.8 Å². The van der Waals surface area contributed by atoms with Gasteiger partial charge in [0.1, 0.15) is 0 Å². The summed E-state index contributed by atoms with van der Waals surface area (Å²) in [6.45, 7) is 10.4. The molecular formula is C12H30N2O3. The maximum Gasteiger partial charge on any atom is 0.0558 e. The van der Waals surface area contributed by atoms with Crippen LogP contribution in [0.1, 0.15) is 27.7 Å². The maximum atomic E-state index is 8.48. The highest BCUT2D eigenvalue weighted by Gasteiger charge is 2.00. The summed E-state index contributed by atoms with van der Waals surface area (Å²) in [5.41, 5.74) is 0. The van der Waals surface area contributed by atoms with E-state index in [1.165, 1.54) is 0 Å². The molecular weight excluding hydrogens is 220 g/mol. The van der Waals surface area contributed by atoms with Crippen LogP contribution in [0.25, 0.3) is 0 Å². The molecule has 0 amide bonds. The van der Waals surface area contributed by atoms with Gasteiger partial charge in [0, 0.05) is 31.7 Å². The number of hydrogen-bond donors (Lipinski definition) is 4. The van der Waals surface area contributed by atoms with Crippen LogP contribution >= 0.6 is 0 Å². The van der Waals surface area contributed by atoms with Crippen molar-refractivity contribution >= 4 is 0 Å². The highest BCUT2D eigenvalue weighted by Crippen LogP contribution is 1.84. The van der Waals surface area contributed by atoms with Crippen molar-refractivity contribution in [1.29, 1.82) is 0 Å². The molecule has 0 aromatic rings. The standard InChI is InChI=1S/C6H15NO3.C6H15N/c8-4-1-7(2-5-9)3-6-10;1-5(2)7-6(3)4/h8-10H,1-6H2;5-7H,1-4H3. The molecule has 5 heteroatoms. The van der Waals surface area contributed by atoms with E-state index in [4.69, 9.17) is 15.3 Å². The Hall–Kier alpha value is -0.200. The second kappa shape index (κ2) is 13.9. The fourth-order valence-corrected chi connectivity index (χ4v) is 1.43. The Morgan fingerprint density at radius 1 is 0.765 bits per heavy atom. The number of aliphatic hydroxyl groups is 3. The van der Waals surface area contributed by atoms with Crippen LogP contribution < -0.4 is 5.32 Å². The zero-order valence-corrected chi connectivity index (χ0v) is 11.7. The average molecular weight is 250 g/mol. The molecule has 0 atom stereocenters. The maximum absolute atomic E-state index is 8.48. The minimum absolute atomic E-state index is 0.0694. The summed E-state index contributed by atoms with van der Waals surface area (Å²) in [6.07, 6.45) is 0. The molecule has 4 N–H and O–H groups in total. The Labute approximate surface area is 105 Å². The first-order chi connectivity index (χ1) is 7.97. The number of hydrogen-bond acceptors (Lipinski definition) is 5. The number of nitrogens with zero attached hydrogens (tertiary/aromatic N) is 1. The average Bonchev–Trinajstić information content (AvgIpc) is 2.17. The van der Waals surface area contributed by atoms with Gasteiger partial charge in [-0.05, 0) is 0 Å². The van der Waals surface area contributed by atoms with Crippen LogP contribution in [-0.2, 0) is 0 Å². The van der Waals surface area contributed by atoms with Gasteiger partial charge < -0.3 is 20.6 Å². The monoisotopic (exact) mass is 250 g/mol. The molecule has 5 nitrogen and oxygen atoms in total. The normalized spacial score (nSPS) is 10.9. The van der Waals surface area contributed by atoms with E-state index in [1.54, 1.807) is 4.90 Å². The number of rotatable bonds is 8. The number of nitrogens with one attached hydrogen (secondary N) is 1. The highest BCUT2D eigenvalue weighted by molar-refractivity contribution is 4.56. The SMILES string of the molecule is CC(C)NC(C)C.OCCN(CCO)CCO. The summed E-state index contributed by atoms with van der Waals surface area (Å²) >= 11 is 0. The fraction of sp³-hybridized carbons (Fsp3) is 1.00. The van der Waals surface area contributed by atoms with Crippen molar-refractivity contribution in [2.24, 2.45) is 0 Å². The first kappa shape index (κ1) is 19.1. The quantitative estimate of drug-likeness (QED) is 0.474. The summed E-state index contributed by atoms with van der Waals surface area (Å²) < 4.78 is 0. The van der Waals surface area contributed by atoms with E-state index < -0.39 is 0 Å². The molecule has 0 radical (unpaired) electrons. The van der Waals surface area contributed by atoms with Gasteiger partial charge in [0.25, 0.3) is 0 Å². The van der Waals surface area contributed by atoms with Crippen LogP contribution in [0.4, 0.5) is 0 Å². The summed E-state index contributed by atoms with van der Waals surface area (Å²) in [7, 11) is 0. The van der Waals surface area contributed by atoms with E-state index in [0.29, 0.717) is 31.7 Å². The molecule has 0 unspecified atom stereocenters. The molecule has 0 aromatic carbocycles. The zero-order chi connectivity index (χ0) is 13.7. The third kappa shape index (κ3) is 18.4. The van der Waals surface area contributed by atoms with Crippen LogP contribution in [0.15, 0.2) is 0 Å².